The summed E-state index contributed by atoms with van der Waals surface area (Å²) in [4.78, 5) is 22.4. The smallest absolute Gasteiger partial charge is 0.457 e. The largest absolute Gasteiger partial charge is 0.472 e. The molecule has 0 heterocycles. The Balaban J connectivity index is 4.06. The Morgan fingerprint density at radius 3 is 1.41 bits per heavy atom. The molecule has 0 aromatic rings. The van der Waals surface area contributed by atoms with E-state index in [9.17, 15) is 14.3 Å². The van der Waals surface area contributed by atoms with Crippen molar-refractivity contribution in [1.82, 2.24) is 0 Å². The Morgan fingerprint density at radius 2 is 0.946 bits per heavy atom. The van der Waals surface area contributed by atoms with Crippen LogP contribution in [-0.4, -0.2) is 49.9 Å². The standard InChI is InChI=1S/C47H80NO7P/c1-3-5-7-9-11-13-15-17-18-19-20-21-22-23-24-25-26-27-29-31-33-35-37-39-42-52-44-46(45-54-56(50,51)53-43-41-48)55-47(49)40-38-36-34-32-30-28-16-14-12-10-8-6-4-2/h5-8,11-14,17-18,20-21,23-24,28,30,46H,3-4,9-10,15-16,19,22,25-27,29,31-45,48H2,1-2H3,(H,50,51)/b7-5-,8-6-,13-11-,14-12-,18-17-,21-20-,24-23-,30-28-. The molecule has 9 heteroatoms. The van der Waals surface area contributed by atoms with Gasteiger partial charge in [0.15, 0.2) is 0 Å². The normalized spacial score (nSPS) is 14.4. The lowest BCUT2D eigenvalue weighted by Gasteiger charge is -2.20. The summed E-state index contributed by atoms with van der Waals surface area (Å²) in [5.41, 5.74) is 5.36. The zero-order valence-electron chi connectivity index (χ0n) is 35.3. The second-order valence-corrected chi connectivity index (χ2v) is 15.2. The minimum Gasteiger partial charge on any atom is -0.457 e. The second kappa shape index (κ2) is 43.5. The monoisotopic (exact) mass is 802 g/mol. The van der Waals surface area contributed by atoms with E-state index in [1.54, 1.807) is 0 Å². The molecule has 0 saturated heterocycles. The number of carbonyl (C=O) groups excluding carboxylic acids is 1. The first-order chi connectivity index (χ1) is 27.4. The van der Waals surface area contributed by atoms with E-state index in [0.29, 0.717) is 13.0 Å². The molecule has 56 heavy (non-hydrogen) atoms. The second-order valence-electron chi connectivity index (χ2n) is 13.8. The van der Waals surface area contributed by atoms with E-state index >= 15 is 0 Å². The first kappa shape index (κ1) is 53.4. The molecule has 0 aliphatic heterocycles. The van der Waals surface area contributed by atoms with Crippen molar-refractivity contribution < 1.29 is 32.8 Å². The van der Waals surface area contributed by atoms with Crippen LogP contribution in [0, 0.1) is 0 Å². The summed E-state index contributed by atoms with van der Waals surface area (Å²) < 4.78 is 33.4. The Bertz CT molecular complexity index is 1170. The van der Waals surface area contributed by atoms with Crippen LogP contribution >= 0.6 is 7.82 Å². The van der Waals surface area contributed by atoms with Crippen LogP contribution in [0.15, 0.2) is 97.2 Å². The van der Waals surface area contributed by atoms with Crippen LogP contribution in [0.25, 0.3) is 0 Å². The van der Waals surface area contributed by atoms with Gasteiger partial charge in [-0.15, -0.1) is 0 Å². The topological polar surface area (TPSA) is 117 Å². The molecule has 0 amide bonds. The fourth-order valence-corrected chi connectivity index (χ4v) is 6.15. The molecular weight excluding hydrogens is 721 g/mol. The van der Waals surface area contributed by atoms with Crippen molar-refractivity contribution in [3.05, 3.63) is 97.2 Å². The third kappa shape index (κ3) is 42.6. The van der Waals surface area contributed by atoms with Gasteiger partial charge in [0, 0.05) is 19.6 Å². The fourth-order valence-electron chi connectivity index (χ4n) is 5.39. The van der Waals surface area contributed by atoms with Gasteiger partial charge in [-0.3, -0.25) is 13.8 Å². The Hall–Kier alpha value is -2.58. The third-order valence-corrected chi connectivity index (χ3v) is 9.48. The van der Waals surface area contributed by atoms with Crippen LogP contribution in [-0.2, 0) is 27.9 Å². The van der Waals surface area contributed by atoms with E-state index < -0.39 is 13.9 Å². The van der Waals surface area contributed by atoms with Crippen LogP contribution in [0.2, 0.25) is 0 Å². The number of hydrogen-bond donors (Lipinski definition) is 2. The van der Waals surface area contributed by atoms with Gasteiger partial charge in [0.25, 0.3) is 0 Å². The molecule has 0 aliphatic carbocycles. The molecule has 2 atom stereocenters. The fraction of sp³-hybridized carbons (Fsp3) is 0.638. The molecule has 0 bridgehead atoms. The van der Waals surface area contributed by atoms with Gasteiger partial charge in [0.1, 0.15) is 6.10 Å². The highest BCUT2D eigenvalue weighted by molar-refractivity contribution is 7.47. The minimum atomic E-state index is -4.29. The summed E-state index contributed by atoms with van der Waals surface area (Å²) in [5.74, 6) is -0.367. The Morgan fingerprint density at radius 1 is 0.536 bits per heavy atom. The van der Waals surface area contributed by atoms with Gasteiger partial charge in [-0.25, -0.2) is 4.57 Å². The predicted molar refractivity (Wildman–Crippen MR) is 238 cm³/mol. The molecule has 0 radical (unpaired) electrons. The molecule has 0 saturated carbocycles. The number of rotatable bonds is 40. The van der Waals surface area contributed by atoms with Crippen molar-refractivity contribution in [2.24, 2.45) is 5.73 Å². The summed E-state index contributed by atoms with van der Waals surface area (Å²) in [7, 11) is -4.29. The molecule has 0 rings (SSSR count). The van der Waals surface area contributed by atoms with Crippen molar-refractivity contribution in [3.8, 4) is 0 Å². The number of carbonyl (C=O) groups is 1. The van der Waals surface area contributed by atoms with Gasteiger partial charge in [0.2, 0.25) is 0 Å². The number of phosphoric acid groups is 1. The van der Waals surface area contributed by atoms with E-state index in [4.69, 9.17) is 24.3 Å². The lowest BCUT2D eigenvalue weighted by atomic mass is 10.1. The molecule has 0 aromatic heterocycles. The van der Waals surface area contributed by atoms with E-state index in [1.165, 1.54) is 32.1 Å². The number of nitrogens with two attached hydrogens (primary N) is 1. The summed E-state index contributed by atoms with van der Waals surface area (Å²) in [6.45, 7) is 4.60. The van der Waals surface area contributed by atoms with Gasteiger partial charge >= 0.3 is 13.8 Å². The van der Waals surface area contributed by atoms with Crippen molar-refractivity contribution >= 4 is 13.8 Å². The number of phosphoric ester groups is 1. The lowest BCUT2D eigenvalue weighted by molar-refractivity contribution is -0.154. The molecular formula is C47H80NO7P. The van der Waals surface area contributed by atoms with Crippen LogP contribution in [0.1, 0.15) is 155 Å². The van der Waals surface area contributed by atoms with E-state index in [0.717, 1.165) is 96.3 Å². The van der Waals surface area contributed by atoms with Gasteiger partial charge < -0.3 is 20.1 Å². The molecule has 0 spiro atoms. The van der Waals surface area contributed by atoms with Crippen molar-refractivity contribution in [3.63, 3.8) is 0 Å². The maximum absolute atomic E-state index is 12.5. The van der Waals surface area contributed by atoms with Crippen molar-refractivity contribution in [1.29, 1.82) is 0 Å². The van der Waals surface area contributed by atoms with Crippen LogP contribution < -0.4 is 5.73 Å². The number of hydrogen-bond acceptors (Lipinski definition) is 7. The number of allylic oxidation sites excluding steroid dienone is 16. The highest BCUT2D eigenvalue weighted by Crippen LogP contribution is 2.43. The molecule has 0 aromatic carbocycles. The molecule has 8 nitrogen and oxygen atoms in total. The highest BCUT2D eigenvalue weighted by atomic mass is 31.2. The van der Waals surface area contributed by atoms with Gasteiger partial charge in [0.05, 0.1) is 19.8 Å². The van der Waals surface area contributed by atoms with Crippen LogP contribution in [0.3, 0.4) is 0 Å². The molecule has 320 valence electrons. The van der Waals surface area contributed by atoms with Crippen LogP contribution in [0.4, 0.5) is 0 Å². The maximum atomic E-state index is 12.5. The maximum Gasteiger partial charge on any atom is 0.472 e. The minimum absolute atomic E-state index is 0.0883. The van der Waals surface area contributed by atoms with Gasteiger partial charge in [-0.1, -0.05) is 156 Å². The Kier molecular flexibility index (Phi) is 41.5. The average molecular weight is 802 g/mol. The Labute approximate surface area is 342 Å². The summed E-state index contributed by atoms with van der Waals surface area (Å²) in [5, 5.41) is 0. The lowest BCUT2D eigenvalue weighted by Crippen LogP contribution is -2.28. The molecule has 2 unspecified atom stereocenters. The van der Waals surface area contributed by atoms with E-state index in [-0.39, 0.29) is 38.8 Å². The molecule has 3 N–H and O–H groups in total. The number of unbranched alkanes of at least 4 members (excludes halogenated alkanes) is 11. The SMILES string of the molecule is CC/C=C\C/C=C\C/C=C\C/C=C\C/C=C\CCCCCCCCCCOCC(COP(=O)(O)OCCN)OC(=O)CCCCC/C=C\C/C=C\C/C=C\CC. The van der Waals surface area contributed by atoms with Crippen molar-refractivity contribution in [2.45, 2.75) is 161 Å². The summed E-state index contributed by atoms with van der Waals surface area (Å²) >= 11 is 0. The molecule has 0 aliphatic rings. The first-order valence-electron chi connectivity index (χ1n) is 21.7. The zero-order chi connectivity index (χ0) is 40.9. The van der Waals surface area contributed by atoms with E-state index in [1.807, 2.05) is 0 Å². The zero-order valence-corrected chi connectivity index (χ0v) is 36.2. The predicted octanol–water partition coefficient (Wildman–Crippen LogP) is 13.1. The van der Waals surface area contributed by atoms with E-state index in [2.05, 4.69) is 111 Å². The highest BCUT2D eigenvalue weighted by Gasteiger charge is 2.25. The summed E-state index contributed by atoms with van der Waals surface area (Å²) in [6.07, 6.45) is 57.2. The van der Waals surface area contributed by atoms with Crippen molar-refractivity contribution in [2.75, 3.05) is 33.0 Å². The average Bonchev–Trinajstić information content (AvgIpc) is 3.19. The first-order valence-corrected chi connectivity index (χ1v) is 23.2. The van der Waals surface area contributed by atoms with Gasteiger partial charge in [-0.05, 0) is 89.9 Å². The summed E-state index contributed by atoms with van der Waals surface area (Å²) in [6, 6.07) is 0. The van der Waals surface area contributed by atoms with Gasteiger partial charge in [-0.2, -0.15) is 0 Å². The van der Waals surface area contributed by atoms with Crippen LogP contribution in [0.5, 0.6) is 0 Å². The number of esters is 1. The third-order valence-electron chi connectivity index (χ3n) is 8.50. The quantitative estimate of drug-likeness (QED) is 0.0272. The number of ether oxygens (including phenoxy) is 2. The molecule has 0 fully saturated rings.